The molecule has 0 saturated carbocycles. The fourth-order valence-corrected chi connectivity index (χ4v) is 3.98. The van der Waals surface area contributed by atoms with Gasteiger partial charge >= 0.3 is 0 Å². The Labute approximate surface area is 101 Å². The number of fused-ring (bicyclic) bond motifs is 1. The molecular formula is C12H19N3S. The van der Waals surface area contributed by atoms with Gasteiger partial charge in [-0.15, -0.1) is 11.3 Å². The van der Waals surface area contributed by atoms with E-state index in [-0.39, 0.29) is 0 Å². The predicted molar refractivity (Wildman–Crippen MR) is 67.1 cm³/mol. The molecular weight excluding hydrogens is 218 g/mol. The van der Waals surface area contributed by atoms with Gasteiger partial charge in [0.2, 0.25) is 0 Å². The molecule has 3 rings (SSSR count). The summed E-state index contributed by atoms with van der Waals surface area (Å²) in [4.78, 5) is 8.55. The molecule has 2 atom stereocenters. The topological polar surface area (TPSA) is 28.2 Å². The Kier molecular flexibility index (Phi) is 2.96. The Morgan fingerprint density at radius 3 is 3.25 bits per heavy atom. The summed E-state index contributed by atoms with van der Waals surface area (Å²) < 4.78 is 0. The van der Waals surface area contributed by atoms with Crippen molar-refractivity contribution in [2.45, 2.75) is 31.7 Å². The summed E-state index contributed by atoms with van der Waals surface area (Å²) in [5, 5.41) is 4.77. The fraction of sp³-hybridized carbons (Fsp3) is 0.750. The van der Waals surface area contributed by atoms with Crippen molar-refractivity contribution >= 4 is 11.3 Å². The molecule has 1 aromatic rings. The molecule has 0 aliphatic carbocycles. The van der Waals surface area contributed by atoms with Crippen molar-refractivity contribution < 1.29 is 0 Å². The number of aromatic nitrogens is 1. The number of hydrogen-bond acceptors (Lipinski definition) is 4. The second-order valence-corrected chi connectivity index (χ2v) is 6.10. The molecule has 2 aliphatic heterocycles. The van der Waals surface area contributed by atoms with Crippen molar-refractivity contribution in [1.82, 2.24) is 15.2 Å². The molecule has 3 nitrogen and oxygen atoms in total. The number of aryl methyl sites for hydroxylation is 1. The Hall–Kier alpha value is -0.450. The van der Waals surface area contributed by atoms with Crippen LogP contribution in [0, 0.1) is 6.92 Å². The van der Waals surface area contributed by atoms with E-state index in [4.69, 9.17) is 0 Å². The molecule has 2 fully saturated rings. The molecule has 2 saturated heterocycles. The van der Waals surface area contributed by atoms with Crippen LogP contribution in [0.15, 0.2) is 6.20 Å². The van der Waals surface area contributed by atoms with E-state index in [1.807, 2.05) is 11.3 Å². The van der Waals surface area contributed by atoms with Crippen LogP contribution >= 0.6 is 11.3 Å². The van der Waals surface area contributed by atoms with Gasteiger partial charge in [0.15, 0.2) is 0 Å². The standard InChI is InChI=1S/C12H19N3S/c1-9-14-8-12(16-9)10-7-13-4-6-15-5-2-3-11(10)15/h8,10-11,13H,2-7H2,1H3. The van der Waals surface area contributed by atoms with Gasteiger partial charge in [-0.1, -0.05) is 0 Å². The highest BCUT2D eigenvalue weighted by Gasteiger charge is 2.34. The first-order valence-electron chi connectivity index (χ1n) is 6.21. The summed E-state index contributed by atoms with van der Waals surface area (Å²) in [6.45, 7) is 6.89. The van der Waals surface area contributed by atoms with Crippen molar-refractivity contribution in [1.29, 1.82) is 0 Å². The Balaban J connectivity index is 1.86. The zero-order valence-corrected chi connectivity index (χ0v) is 10.6. The van der Waals surface area contributed by atoms with E-state index in [1.54, 1.807) is 0 Å². The van der Waals surface area contributed by atoms with Gasteiger partial charge < -0.3 is 5.32 Å². The molecule has 3 heterocycles. The Bertz CT molecular complexity index is 363. The summed E-state index contributed by atoms with van der Waals surface area (Å²) in [6, 6.07) is 0.759. The Morgan fingerprint density at radius 1 is 1.50 bits per heavy atom. The predicted octanol–water partition coefficient (Wildman–Crippen LogP) is 1.60. The minimum absolute atomic E-state index is 0.663. The average Bonchev–Trinajstić information content (AvgIpc) is 2.85. The molecule has 1 N–H and O–H groups in total. The van der Waals surface area contributed by atoms with Crippen molar-refractivity contribution in [2.75, 3.05) is 26.2 Å². The lowest BCUT2D eigenvalue weighted by Gasteiger charge is -2.27. The second-order valence-electron chi connectivity index (χ2n) is 4.84. The van der Waals surface area contributed by atoms with Crippen LogP contribution in [0.3, 0.4) is 0 Å². The molecule has 1 aromatic heterocycles. The van der Waals surface area contributed by atoms with Crippen LogP contribution in [0.1, 0.15) is 28.6 Å². The van der Waals surface area contributed by atoms with Crippen LogP contribution in [-0.2, 0) is 0 Å². The highest BCUT2D eigenvalue weighted by molar-refractivity contribution is 7.11. The van der Waals surface area contributed by atoms with Gasteiger partial charge in [-0.2, -0.15) is 0 Å². The third kappa shape index (κ3) is 1.90. The van der Waals surface area contributed by atoms with Crippen molar-refractivity contribution in [3.63, 3.8) is 0 Å². The average molecular weight is 237 g/mol. The third-order valence-corrected chi connectivity index (χ3v) is 4.87. The first kappa shape index (κ1) is 10.7. The van der Waals surface area contributed by atoms with Gasteiger partial charge in [0.1, 0.15) is 0 Å². The van der Waals surface area contributed by atoms with E-state index in [9.17, 15) is 0 Å². The molecule has 88 valence electrons. The SMILES string of the molecule is Cc1ncc(C2CNCCN3CCCC23)s1. The van der Waals surface area contributed by atoms with Crippen molar-refractivity contribution in [2.24, 2.45) is 0 Å². The van der Waals surface area contributed by atoms with E-state index >= 15 is 0 Å². The maximum atomic E-state index is 4.41. The molecule has 0 spiro atoms. The normalized spacial score (nSPS) is 31.3. The van der Waals surface area contributed by atoms with Crippen LogP contribution in [0.5, 0.6) is 0 Å². The van der Waals surface area contributed by atoms with Crippen LogP contribution < -0.4 is 5.32 Å². The zero-order chi connectivity index (χ0) is 11.0. The number of hydrogen-bond donors (Lipinski definition) is 1. The number of rotatable bonds is 1. The van der Waals surface area contributed by atoms with Crippen molar-refractivity contribution in [3.05, 3.63) is 16.1 Å². The van der Waals surface area contributed by atoms with Crippen molar-refractivity contribution in [3.8, 4) is 0 Å². The summed E-state index contributed by atoms with van der Waals surface area (Å²) in [5.74, 6) is 0.663. The molecule has 2 unspecified atom stereocenters. The maximum absolute atomic E-state index is 4.41. The summed E-state index contributed by atoms with van der Waals surface area (Å²) in [7, 11) is 0. The largest absolute Gasteiger partial charge is 0.315 e. The minimum Gasteiger partial charge on any atom is -0.315 e. The molecule has 16 heavy (non-hydrogen) atoms. The molecule has 0 bridgehead atoms. The number of nitrogens with one attached hydrogen (secondary N) is 1. The van der Waals surface area contributed by atoms with Crippen LogP contribution in [0.25, 0.3) is 0 Å². The van der Waals surface area contributed by atoms with Gasteiger partial charge in [-0.05, 0) is 26.3 Å². The highest BCUT2D eigenvalue weighted by atomic mass is 32.1. The van der Waals surface area contributed by atoms with E-state index in [1.165, 1.54) is 35.8 Å². The quantitative estimate of drug-likeness (QED) is 0.804. The third-order valence-electron chi connectivity index (χ3n) is 3.82. The smallest absolute Gasteiger partial charge is 0.0896 e. The lowest BCUT2D eigenvalue weighted by Crippen LogP contribution is -2.34. The summed E-state index contributed by atoms with van der Waals surface area (Å²) >= 11 is 1.87. The molecule has 0 aromatic carbocycles. The van der Waals surface area contributed by atoms with Gasteiger partial charge in [0, 0.05) is 42.7 Å². The van der Waals surface area contributed by atoms with Gasteiger partial charge in [-0.25, -0.2) is 4.98 Å². The monoisotopic (exact) mass is 237 g/mol. The van der Waals surface area contributed by atoms with E-state index < -0.39 is 0 Å². The fourth-order valence-electron chi connectivity index (χ4n) is 3.04. The molecule has 0 radical (unpaired) electrons. The first-order valence-corrected chi connectivity index (χ1v) is 7.03. The summed E-state index contributed by atoms with van der Waals surface area (Å²) in [6.07, 6.45) is 4.83. The maximum Gasteiger partial charge on any atom is 0.0896 e. The lowest BCUT2D eigenvalue weighted by atomic mass is 9.96. The van der Waals surface area contributed by atoms with Gasteiger partial charge in [-0.3, -0.25) is 4.90 Å². The van der Waals surface area contributed by atoms with E-state index in [0.29, 0.717) is 5.92 Å². The molecule has 2 aliphatic rings. The van der Waals surface area contributed by atoms with E-state index in [0.717, 1.165) is 19.1 Å². The number of thiazole rings is 1. The zero-order valence-electron chi connectivity index (χ0n) is 9.78. The second kappa shape index (κ2) is 4.43. The lowest BCUT2D eigenvalue weighted by molar-refractivity contribution is 0.250. The van der Waals surface area contributed by atoms with Crippen LogP contribution in [0.2, 0.25) is 0 Å². The Morgan fingerprint density at radius 2 is 2.44 bits per heavy atom. The van der Waals surface area contributed by atoms with Crippen LogP contribution in [0.4, 0.5) is 0 Å². The highest BCUT2D eigenvalue weighted by Crippen LogP contribution is 2.34. The first-order chi connectivity index (χ1) is 7.84. The minimum atomic E-state index is 0.663. The van der Waals surface area contributed by atoms with Gasteiger partial charge in [0.25, 0.3) is 0 Å². The van der Waals surface area contributed by atoms with Gasteiger partial charge in [0.05, 0.1) is 5.01 Å². The summed E-state index contributed by atoms with van der Waals surface area (Å²) in [5.41, 5.74) is 0. The van der Waals surface area contributed by atoms with Crippen LogP contribution in [-0.4, -0.2) is 42.1 Å². The number of nitrogens with zero attached hydrogens (tertiary/aromatic N) is 2. The molecule has 4 heteroatoms. The van der Waals surface area contributed by atoms with E-state index in [2.05, 4.69) is 28.3 Å². The molecule has 0 amide bonds.